The van der Waals surface area contributed by atoms with E-state index in [2.05, 4.69) is 11.4 Å². The van der Waals surface area contributed by atoms with E-state index >= 15 is 0 Å². The van der Waals surface area contributed by atoms with Crippen LogP contribution >= 0.6 is 22.9 Å². The van der Waals surface area contributed by atoms with Gasteiger partial charge < -0.3 is 14.2 Å². The van der Waals surface area contributed by atoms with E-state index in [1.807, 2.05) is 40.1 Å². The quantitative estimate of drug-likeness (QED) is 0.683. The zero-order valence-electron chi connectivity index (χ0n) is 13.7. The minimum atomic E-state index is -0.0466. The molecule has 25 heavy (non-hydrogen) atoms. The highest BCUT2D eigenvalue weighted by atomic mass is 35.5. The molecule has 1 aliphatic heterocycles. The van der Waals surface area contributed by atoms with Gasteiger partial charge in [0.15, 0.2) is 0 Å². The first kappa shape index (κ1) is 16.2. The van der Waals surface area contributed by atoms with Crippen molar-refractivity contribution < 1.29 is 9.53 Å². The Kier molecular flexibility index (Phi) is 4.27. The maximum absolute atomic E-state index is 13.0. The summed E-state index contributed by atoms with van der Waals surface area (Å²) in [7, 11) is 1.58. The van der Waals surface area contributed by atoms with Gasteiger partial charge in [0.2, 0.25) is 0 Å². The predicted molar refractivity (Wildman–Crippen MR) is 100 cm³/mol. The van der Waals surface area contributed by atoms with Crippen LogP contribution in [0.2, 0.25) is 5.02 Å². The highest BCUT2D eigenvalue weighted by Crippen LogP contribution is 2.32. The second-order valence-corrected chi connectivity index (χ2v) is 7.35. The molecule has 0 unspecified atom stereocenters. The lowest BCUT2D eigenvalue weighted by Gasteiger charge is -2.28. The summed E-state index contributed by atoms with van der Waals surface area (Å²) in [4.78, 5) is 16.3. The Hall–Kier alpha value is -2.24. The van der Waals surface area contributed by atoms with E-state index < -0.39 is 0 Å². The third-order valence-corrected chi connectivity index (χ3v) is 5.80. The second-order valence-electron chi connectivity index (χ2n) is 5.94. The standard InChI is InChI=1S/C19H17ClN2O2S/c1-24-17-11-16(21-6-2-3-7-21)15(20)10-14(17)19(23)22-8-4-18-13(12-22)5-9-25-18/h2-3,5-7,9-11H,4,8,12H2,1H3. The van der Waals surface area contributed by atoms with Crippen molar-refractivity contribution in [3.63, 3.8) is 0 Å². The summed E-state index contributed by atoms with van der Waals surface area (Å²) in [5.74, 6) is 0.490. The average molecular weight is 373 g/mol. The molecular weight excluding hydrogens is 356 g/mol. The highest BCUT2D eigenvalue weighted by Gasteiger charge is 2.25. The van der Waals surface area contributed by atoms with Gasteiger partial charge in [0, 0.05) is 36.4 Å². The SMILES string of the molecule is COc1cc(-n2cccc2)c(Cl)cc1C(=O)N1CCc2sccc2C1. The number of rotatable bonds is 3. The maximum Gasteiger partial charge on any atom is 0.257 e. The van der Waals surface area contributed by atoms with E-state index in [0.29, 0.717) is 29.4 Å². The van der Waals surface area contributed by atoms with Crippen LogP contribution in [0.5, 0.6) is 5.75 Å². The number of benzene rings is 1. The molecule has 0 radical (unpaired) electrons. The van der Waals surface area contributed by atoms with E-state index in [4.69, 9.17) is 16.3 Å². The number of carbonyl (C=O) groups is 1. The number of amides is 1. The lowest BCUT2D eigenvalue weighted by atomic mass is 10.1. The van der Waals surface area contributed by atoms with Crippen molar-refractivity contribution in [3.8, 4) is 11.4 Å². The molecule has 4 nitrogen and oxygen atoms in total. The average Bonchev–Trinajstić information content (AvgIpc) is 3.31. The van der Waals surface area contributed by atoms with Gasteiger partial charge in [-0.15, -0.1) is 11.3 Å². The molecule has 3 aromatic rings. The van der Waals surface area contributed by atoms with Gasteiger partial charge in [0.05, 0.1) is 23.4 Å². The van der Waals surface area contributed by atoms with Crippen LogP contribution in [0.25, 0.3) is 5.69 Å². The molecule has 1 aliphatic rings. The summed E-state index contributed by atoms with van der Waals surface area (Å²) in [5.41, 5.74) is 2.53. The number of fused-ring (bicyclic) bond motifs is 1. The Morgan fingerprint density at radius 3 is 2.84 bits per heavy atom. The number of aromatic nitrogens is 1. The van der Waals surface area contributed by atoms with E-state index in [1.54, 1.807) is 24.5 Å². The van der Waals surface area contributed by atoms with Crippen molar-refractivity contribution in [1.29, 1.82) is 0 Å². The molecule has 128 valence electrons. The highest BCUT2D eigenvalue weighted by molar-refractivity contribution is 7.10. The largest absolute Gasteiger partial charge is 0.496 e. The lowest BCUT2D eigenvalue weighted by molar-refractivity contribution is 0.0732. The first-order valence-corrected chi connectivity index (χ1v) is 9.28. The first-order chi connectivity index (χ1) is 12.2. The monoisotopic (exact) mass is 372 g/mol. The van der Waals surface area contributed by atoms with Gasteiger partial charge in [-0.3, -0.25) is 4.79 Å². The second kappa shape index (κ2) is 6.58. The molecule has 0 N–H and O–H groups in total. The maximum atomic E-state index is 13.0. The summed E-state index contributed by atoms with van der Waals surface area (Å²) in [6.45, 7) is 1.35. The van der Waals surface area contributed by atoms with E-state index in [1.165, 1.54) is 10.4 Å². The minimum Gasteiger partial charge on any atom is -0.496 e. The van der Waals surface area contributed by atoms with Gasteiger partial charge in [0.1, 0.15) is 5.75 Å². The van der Waals surface area contributed by atoms with Crippen LogP contribution in [0, 0.1) is 0 Å². The Morgan fingerprint density at radius 1 is 1.28 bits per heavy atom. The molecule has 0 aliphatic carbocycles. The van der Waals surface area contributed by atoms with Gasteiger partial charge in [0.25, 0.3) is 5.91 Å². The molecule has 2 aromatic heterocycles. The molecule has 0 spiro atoms. The molecule has 0 saturated carbocycles. The Bertz CT molecular complexity index is 918. The van der Waals surface area contributed by atoms with E-state index in [9.17, 15) is 4.79 Å². The molecule has 0 atom stereocenters. The van der Waals surface area contributed by atoms with Crippen LogP contribution < -0.4 is 4.74 Å². The third kappa shape index (κ3) is 2.94. The van der Waals surface area contributed by atoms with Crippen LogP contribution in [0.4, 0.5) is 0 Å². The number of thiophene rings is 1. The Balaban J connectivity index is 1.68. The summed E-state index contributed by atoms with van der Waals surface area (Å²) in [6, 6.07) is 9.47. The van der Waals surface area contributed by atoms with Crippen LogP contribution in [-0.4, -0.2) is 29.0 Å². The topological polar surface area (TPSA) is 34.5 Å². The van der Waals surface area contributed by atoms with Crippen LogP contribution in [-0.2, 0) is 13.0 Å². The Labute approximate surface area is 155 Å². The van der Waals surface area contributed by atoms with Gasteiger partial charge >= 0.3 is 0 Å². The van der Waals surface area contributed by atoms with E-state index in [-0.39, 0.29) is 5.91 Å². The molecule has 1 amide bonds. The third-order valence-electron chi connectivity index (χ3n) is 4.48. The van der Waals surface area contributed by atoms with Crippen LogP contribution in [0.3, 0.4) is 0 Å². The fraction of sp³-hybridized carbons (Fsp3) is 0.211. The van der Waals surface area contributed by atoms with Gasteiger partial charge in [-0.2, -0.15) is 0 Å². The van der Waals surface area contributed by atoms with Crippen molar-refractivity contribution in [3.05, 3.63) is 69.1 Å². The van der Waals surface area contributed by atoms with Crippen molar-refractivity contribution in [2.75, 3.05) is 13.7 Å². The minimum absolute atomic E-state index is 0.0466. The number of carbonyl (C=O) groups excluding carboxylic acids is 1. The zero-order chi connectivity index (χ0) is 17.4. The molecule has 4 rings (SSSR count). The van der Waals surface area contributed by atoms with Gasteiger partial charge in [-0.1, -0.05) is 11.6 Å². The molecule has 6 heteroatoms. The fourth-order valence-corrected chi connectivity index (χ4v) is 4.31. The first-order valence-electron chi connectivity index (χ1n) is 8.03. The number of hydrogen-bond acceptors (Lipinski definition) is 3. The predicted octanol–water partition coefficient (Wildman–Crippen LogP) is 4.40. The summed E-state index contributed by atoms with van der Waals surface area (Å²) >= 11 is 8.21. The molecular formula is C19H17ClN2O2S. The lowest BCUT2D eigenvalue weighted by Crippen LogP contribution is -2.35. The summed E-state index contributed by atoms with van der Waals surface area (Å²) in [5, 5.41) is 2.61. The number of ether oxygens (including phenoxy) is 1. The van der Waals surface area contributed by atoms with Crippen molar-refractivity contribution in [2.24, 2.45) is 0 Å². The van der Waals surface area contributed by atoms with Crippen molar-refractivity contribution >= 4 is 28.8 Å². The van der Waals surface area contributed by atoms with E-state index in [0.717, 1.165) is 12.1 Å². The number of methoxy groups -OCH3 is 1. The van der Waals surface area contributed by atoms with Gasteiger partial charge in [-0.05, 0) is 41.6 Å². The molecule has 1 aromatic carbocycles. The number of nitrogens with zero attached hydrogens (tertiary/aromatic N) is 2. The molecule has 0 fully saturated rings. The molecule has 0 bridgehead atoms. The molecule has 3 heterocycles. The Morgan fingerprint density at radius 2 is 2.08 bits per heavy atom. The number of hydrogen-bond donors (Lipinski definition) is 0. The summed E-state index contributed by atoms with van der Waals surface area (Å²) < 4.78 is 7.39. The molecule has 0 saturated heterocycles. The normalized spacial score (nSPS) is 13.6. The van der Waals surface area contributed by atoms with Crippen LogP contribution in [0.15, 0.2) is 48.1 Å². The van der Waals surface area contributed by atoms with Crippen molar-refractivity contribution in [1.82, 2.24) is 9.47 Å². The van der Waals surface area contributed by atoms with Gasteiger partial charge in [-0.25, -0.2) is 0 Å². The fourth-order valence-electron chi connectivity index (χ4n) is 3.16. The smallest absolute Gasteiger partial charge is 0.257 e. The van der Waals surface area contributed by atoms with Crippen LogP contribution in [0.1, 0.15) is 20.8 Å². The number of halogens is 1. The summed E-state index contributed by atoms with van der Waals surface area (Å²) in [6.07, 6.45) is 4.71. The zero-order valence-corrected chi connectivity index (χ0v) is 15.3. The van der Waals surface area contributed by atoms with Crippen molar-refractivity contribution in [2.45, 2.75) is 13.0 Å².